The Morgan fingerprint density at radius 2 is 1.77 bits per heavy atom. The number of carbonyl (C=O) groups excluding carboxylic acids is 1. The number of carbonyl (C=O) groups is 1. The number of fused-ring (bicyclic) bond motifs is 5. The molecule has 5 saturated carbocycles. The Morgan fingerprint density at radius 3 is 2.36 bits per heavy atom. The van der Waals surface area contributed by atoms with E-state index in [9.17, 15) is 13.6 Å². The molecule has 122 valence electrons. The largest absolute Gasteiger partial charge is 0.354 e. The number of amides is 1. The molecule has 5 atom stereocenters. The normalized spacial score (nSPS) is 47.5. The van der Waals surface area contributed by atoms with E-state index in [1.54, 1.807) is 0 Å². The van der Waals surface area contributed by atoms with Crippen LogP contribution in [-0.2, 0) is 4.79 Å². The van der Waals surface area contributed by atoms with Crippen LogP contribution in [0.3, 0.4) is 0 Å². The fraction of sp³-hybridized carbons (Fsp3) is 0.941. The minimum Gasteiger partial charge on any atom is -0.354 e. The van der Waals surface area contributed by atoms with Gasteiger partial charge in [-0.1, -0.05) is 0 Å². The van der Waals surface area contributed by atoms with Crippen LogP contribution in [0.25, 0.3) is 0 Å². The SMILES string of the molecule is NC1(C(=O)NCC2CC3CC2C2CC32)CC2(CC(F)(F)C2)C1. The summed E-state index contributed by atoms with van der Waals surface area (Å²) < 4.78 is 26.1. The Labute approximate surface area is 129 Å². The van der Waals surface area contributed by atoms with Crippen molar-refractivity contribution in [2.45, 2.75) is 56.4 Å². The predicted molar refractivity (Wildman–Crippen MR) is 77.1 cm³/mol. The molecule has 2 bridgehead atoms. The monoisotopic (exact) mass is 310 g/mol. The van der Waals surface area contributed by atoms with E-state index in [2.05, 4.69) is 5.32 Å². The molecule has 0 heterocycles. The van der Waals surface area contributed by atoms with E-state index in [0.717, 1.165) is 30.2 Å². The highest BCUT2D eigenvalue weighted by atomic mass is 19.3. The first kappa shape index (κ1) is 13.7. The maximum absolute atomic E-state index is 13.0. The third kappa shape index (κ3) is 1.78. The highest BCUT2D eigenvalue weighted by molar-refractivity contribution is 5.87. The van der Waals surface area contributed by atoms with Gasteiger partial charge in [0.15, 0.2) is 0 Å². The Hall–Kier alpha value is -0.710. The van der Waals surface area contributed by atoms with Gasteiger partial charge in [0.1, 0.15) is 0 Å². The first-order valence-corrected chi connectivity index (χ1v) is 8.74. The second-order valence-corrected chi connectivity index (χ2v) is 9.15. The topological polar surface area (TPSA) is 55.1 Å². The van der Waals surface area contributed by atoms with Crippen LogP contribution in [0.1, 0.15) is 44.9 Å². The lowest BCUT2D eigenvalue weighted by Gasteiger charge is -2.60. The molecule has 0 aromatic carbocycles. The molecule has 0 aromatic heterocycles. The van der Waals surface area contributed by atoms with Gasteiger partial charge in [-0.05, 0) is 67.1 Å². The van der Waals surface area contributed by atoms with Crippen molar-refractivity contribution in [1.82, 2.24) is 5.32 Å². The van der Waals surface area contributed by atoms with Crippen LogP contribution >= 0.6 is 0 Å². The van der Waals surface area contributed by atoms with Crippen LogP contribution in [0, 0.1) is 35.0 Å². The molecule has 1 amide bonds. The van der Waals surface area contributed by atoms with E-state index in [-0.39, 0.29) is 24.2 Å². The van der Waals surface area contributed by atoms with Crippen LogP contribution in [0.4, 0.5) is 8.78 Å². The number of nitrogens with two attached hydrogens (primary N) is 1. The van der Waals surface area contributed by atoms with Crippen molar-refractivity contribution in [2.75, 3.05) is 6.54 Å². The summed E-state index contributed by atoms with van der Waals surface area (Å²) in [4.78, 5) is 12.4. The Morgan fingerprint density at radius 1 is 1.05 bits per heavy atom. The maximum atomic E-state index is 13.0. The third-order valence-corrected chi connectivity index (χ3v) is 7.46. The van der Waals surface area contributed by atoms with Gasteiger partial charge in [-0.25, -0.2) is 8.78 Å². The average Bonchev–Trinajstić information content (AvgIpc) is 2.98. The lowest BCUT2D eigenvalue weighted by Crippen LogP contribution is -2.70. The lowest BCUT2D eigenvalue weighted by molar-refractivity contribution is -0.212. The smallest absolute Gasteiger partial charge is 0.249 e. The zero-order valence-electron chi connectivity index (χ0n) is 12.8. The van der Waals surface area contributed by atoms with E-state index in [0.29, 0.717) is 18.8 Å². The standard InChI is InChI=1S/C17H24F2N2O/c18-17(19)7-15(8-17)5-16(20,6-15)14(22)21-4-10-1-9-2-11(10)13-3-12(9)13/h9-13H,1-8,20H2,(H,21,22). The van der Waals surface area contributed by atoms with E-state index in [4.69, 9.17) is 5.73 Å². The molecule has 5 unspecified atom stereocenters. The van der Waals surface area contributed by atoms with E-state index in [1.807, 2.05) is 0 Å². The summed E-state index contributed by atoms with van der Waals surface area (Å²) in [7, 11) is 0. The van der Waals surface area contributed by atoms with Gasteiger partial charge < -0.3 is 11.1 Å². The number of hydrogen-bond acceptors (Lipinski definition) is 2. The molecule has 5 heteroatoms. The summed E-state index contributed by atoms with van der Waals surface area (Å²) in [5, 5.41) is 3.05. The minimum absolute atomic E-state index is 0.0817. The predicted octanol–water partition coefficient (Wildman–Crippen LogP) is 2.30. The van der Waals surface area contributed by atoms with Crippen LogP contribution in [0.5, 0.6) is 0 Å². The van der Waals surface area contributed by atoms with E-state index >= 15 is 0 Å². The average molecular weight is 310 g/mol. The zero-order chi connectivity index (χ0) is 15.3. The summed E-state index contributed by atoms with van der Waals surface area (Å²) in [5.74, 6) is 1.67. The van der Waals surface area contributed by atoms with Crippen molar-refractivity contribution in [3.05, 3.63) is 0 Å². The highest BCUT2D eigenvalue weighted by Gasteiger charge is 2.67. The molecular weight excluding hydrogens is 286 g/mol. The van der Waals surface area contributed by atoms with Crippen molar-refractivity contribution in [1.29, 1.82) is 0 Å². The van der Waals surface area contributed by atoms with Crippen LogP contribution in [0.15, 0.2) is 0 Å². The second kappa shape index (κ2) is 3.85. The van der Waals surface area contributed by atoms with Crippen molar-refractivity contribution >= 4 is 5.91 Å². The van der Waals surface area contributed by atoms with Gasteiger partial charge in [-0.15, -0.1) is 0 Å². The quantitative estimate of drug-likeness (QED) is 0.840. The van der Waals surface area contributed by atoms with Gasteiger partial charge in [0.25, 0.3) is 0 Å². The number of hydrogen-bond donors (Lipinski definition) is 2. The van der Waals surface area contributed by atoms with Gasteiger partial charge in [0.05, 0.1) is 5.54 Å². The third-order valence-electron chi connectivity index (χ3n) is 7.46. The summed E-state index contributed by atoms with van der Waals surface area (Å²) >= 11 is 0. The number of halogens is 2. The number of alkyl halides is 2. The zero-order valence-corrected chi connectivity index (χ0v) is 12.8. The second-order valence-electron chi connectivity index (χ2n) is 9.15. The molecule has 0 aromatic rings. The van der Waals surface area contributed by atoms with Crippen molar-refractivity contribution < 1.29 is 13.6 Å². The van der Waals surface area contributed by atoms with Gasteiger partial charge in [0, 0.05) is 19.4 Å². The first-order valence-electron chi connectivity index (χ1n) is 8.74. The maximum Gasteiger partial charge on any atom is 0.249 e. The number of rotatable bonds is 3. The molecule has 0 radical (unpaired) electrons. The van der Waals surface area contributed by atoms with E-state index in [1.165, 1.54) is 19.3 Å². The molecule has 5 aliphatic rings. The molecule has 0 saturated heterocycles. The summed E-state index contributed by atoms with van der Waals surface area (Å²) in [6.45, 7) is 0.741. The molecule has 3 nitrogen and oxygen atoms in total. The molecule has 3 N–H and O–H groups in total. The Kier molecular flexibility index (Phi) is 2.40. The lowest BCUT2D eigenvalue weighted by atomic mass is 9.47. The highest BCUT2D eigenvalue weighted by Crippen LogP contribution is 2.67. The molecule has 22 heavy (non-hydrogen) atoms. The Bertz CT molecular complexity index is 533. The molecule has 5 rings (SSSR count). The van der Waals surface area contributed by atoms with Crippen molar-refractivity contribution in [2.24, 2.45) is 40.7 Å². The summed E-state index contributed by atoms with van der Waals surface area (Å²) in [6, 6.07) is 0. The van der Waals surface area contributed by atoms with Crippen LogP contribution < -0.4 is 11.1 Å². The Balaban J connectivity index is 1.14. The molecule has 5 aliphatic carbocycles. The molecular formula is C17H24F2N2O. The fourth-order valence-corrected chi connectivity index (χ4v) is 6.72. The van der Waals surface area contributed by atoms with Gasteiger partial charge in [-0.2, -0.15) is 0 Å². The summed E-state index contributed by atoms with van der Waals surface area (Å²) in [6.07, 6.45) is 4.74. The van der Waals surface area contributed by atoms with Crippen molar-refractivity contribution in [3.63, 3.8) is 0 Å². The minimum atomic E-state index is -2.53. The van der Waals surface area contributed by atoms with Gasteiger partial charge in [0.2, 0.25) is 11.8 Å². The first-order chi connectivity index (χ1) is 10.3. The molecule has 5 fully saturated rings. The van der Waals surface area contributed by atoms with Gasteiger partial charge in [-0.3, -0.25) is 4.79 Å². The summed E-state index contributed by atoms with van der Waals surface area (Å²) in [5.41, 5.74) is 4.92. The van der Waals surface area contributed by atoms with Gasteiger partial charge >= 0.3 is 0 Å². The van der Waals surface area contributed by atoms with Crippen LogP contribution in [0.2, 0.25) is 0 Å². The van der Waals surface area contributed by atoms with Crippen LogP contribution in [-0.4, -0.2) is 23.9 Å². The number of nitrogens with one attached hydrogen (secondary N) is 1. The molecule has 0 aliphatic heterocycles. The fourth-order valence-electron chi connectivity index (χ4n) is 6.72. The van der Waals surface area contributed by atoms with E-state index < -0.39 is 11.5 Å². The molecule has 1 spiro atoms. The van der Waals surface area contributed by atoms with Crippen molar-refractivity contribution in [3.8, 4) is 0 Å².